The SMILES string of the molecule is CC(C)(C)OC(=O)Nc1ccc(CCc2nc(NC(=O)O)sc2Cc2ccc(S(C)(=O)=O)cc2)cc1. The zero-order chi connectivity index (χ0) is 26.5. The number of rotatable bonds is 8. The van der Waals surface area contributed by atoms with E-state index in [-0.39, 0.29) is 10.0 Å². The van der Waals surface area contributed by atoms with Crippen LogP contribution < -0.4 is 10.6 Å². The normalized spacial score (nSPS) is 11.7. The lowest BCUT2D eigenvalue weighted by molar-refractivity contribution is 0.0636. The summed E-state index contributed by atoms with van der Waals surface area (Å²) in [7, 11) is -3.28. The predicted molar refractivity (Wildman–Crippen MR) is 140 cm³/mol. The Morgan fingerprint density at radius 1 is 0.972 bits per heavy atom. The highest BCUT2D eigenvalue weighted by atomic mass is 32.2. The number of hydrogen-bond donors (Lipinski definition) is 3. The minimum absolute atomic E-state index is 0.244. The average Bonchev–Trinajstić information content (AvgIpc) is 3.11. The van der Waals surface area contributed by atoms with E-state index in [1.807, 2.05) is 12.1 Å². The predicted octanol–water partition coefficient (Wildman–Crippen LogP) is 5.36. The van der Waals surface area contributed by atoms with Gasteiger partial charge in [-0.25, -0.2) is 23.0 Å². The second-order valence-electron chi connectivity index (χ2n) is 9.24. The molecule has 0 aliphatic rings. The van der Waals surface area contributed by atoms with Crippen LogP contribution in [0.2, 0.25) is 0 Å². The number of nitrogens with zero attached hydrogens (tertiary/aromatic N) is 1. The second-order valence-corrected chi connectivity index (χ2v) is 12.3. The first-order chi connectivity index (χ1) is 16.8. The molecule has 36 heavy (non-hydrogen) atoms. The molecule has 0 aliphatic carbocycles. The van der Waals surface area contributed by atoms with Crippen molar-refractivity contribution in [1.82, 2.24) is 4.98 Å². The first-order valence-corrected chi connectivity index (χ1v) is 13.9. The molecule has 3 rings (SSSR count). The molecule has 11 heteroatoms. The van der Waals surface area contributed by atoms with Gasteiger partial charge in [-0.2, -0.15) is 0 Å². The summed E-state index contributed by atoms with van der Waals surface area (Å²) in [5.41, 5.74) is 2.72. The number of aromatic nitrogens is 1. The quantitative estimate of drug-likeness (QED) is 0.356. The van der Waals surface area contributed by atoms with E-state index in [9.17, 15) is 18.0 Å². The molecule has 3 N–H and O–H groups in total. The molecule has 2 aromatic carbocycles. The number of amides is 2. The smallest absolute Gasteiger partial charge is 0.412 e. The third-order valence-corrected chi connectivity index (χ3v) is 7.10. The van der Waals surface area contributed by atoms with Gasteiger partial charge >= 0.3 is 12.2 Å². The Morgan fingerprint density at radius 2 is 1.58 bits per heavy atom. The minimum Gasteiger partial charge on any atom is -0.465 e. The highest BCUT2D eigenvalue weighted by molar-refractivity contribution is 7.90. The summed E-state index contributed by atoms with van der Waals surface area (Å²) in [6, 6.07) is 14.0. The largest absolute Gasteiger partial charge is 0.465 e. The molecule has 9 nitrogen and oxygen atoms in total. The zero-order valence-corrected chi connectivity index (χ0v) is 22.1. The summed E-state index contributed by atoms with van der Waals surface area (Å²) < 4.78 is 28.7. The summed E-state index contributed by atoms with van der Waals surface area (Å²) in [6.45, 7) is 5.39. The van der Waals surface area contributed by atoms with E-state index in [0.717, 1.165) is 28.0 Å². The Kier molecular flexibility index (Phi) is 8.36. The fourth-order valence-corrected chi connectivity index (χ4v) is 5.00. The number of thiazole rings is 1. The number of hydrogen-bond acceptors (Lipinski definition) is 7. The van der Waals surface area contributed by atoms with Crippen molar-refractivity contribution in [2.75, 3.05) is 16.9 Å². The molecule has 1 heterocycles. The number of sulfone groups is 1. The van der Waals surface area contributed by atoms with Crippen LogP contribution in [-0.2, 0) is 33.8 Å². The van der Waals surface area contributed by atoms with Crippen molar-refractivity contribution in [2.24, 2.45) is 0 Å². The van der Waals surface area contributed by atoms with Crippen molar-refractivity contribution in [2.45, 2.75) is 50.5 Å². The van der Waals surface area contributed by atoms with Crippen LogP contribution in [-0.4, -0.2) is 42.6 Å². The van der Waals surface area contributed by atoms with Gasteiger partial charge in [0.05, 0.1) is 10.6 Å². The van der Waals surface area contributed by atoms with Crippen LogP contribution in [0.5, 0.6) is 0 Å². The van der Waals surface area contributed by atoms with E-state index in [2.05, 4.69) is 15.6 Å². The van der Waals surface area contributed by atoms with Crippen molar-refractivity contribution >= 4 is 44.2 Å². The van der Waals surface area contributed by atoms with Gasteiger partial charge in [0.2, 0.25) is 0 Å². The van der Waals surface area contributed by atoms with Crippen molar-refractivity contribution in [3.63, 3.8) is 0 Å². The number of ether oxygens (including phenoxy) is 1. The van der Waals surface area contributed by atoms with E-state index in [1.165, 1.54) is 11.3 Å². The van der Waals surface area contributed by atoms with Crippen LogP contribution >= 0.6 is 11.3 Å². The van der Waals surface area contributed by atoms with Gasteiger partial charge in [-0.05, 0) is 69.0 Å². The van der Waals surface area contributed by atoms with Crippen LogP contribution in [0.3, 0.4) is 0 Å². The van der Waals surface area contributed by atoms with Gasteiger partial charge in [0.15, 0.2) is 15.0 Å². The molecule has 0 bridgehead atoms. The number of carbonyl (C=O) groups excluding carboxylic acids is 1. The zero-order valence-electron chi connectivity index (χ0n) is 20.5. The Hall–Kier alpha value is -3.44. The molecule has 1 aromatic heterocycles. The van der Waals surface area contributed by atoms with Crippen molar-refractivity contribution in [3.05, 3.63) is 70.2 Å². The maximum atomic E-state index is 11.9. The van der Waals surface area contributed by atoms with Crippen molar-refractivity contribution in [3.8, 4) is 0 Å². The molecule has 3 aromatic rings. The van der Waals surface area contributed by atoms with Crippen LogP contribution in [0.4, 0.5) is 20.4 Å². The van der Waals surface area contributed by atoms with Gasteiger partial charge in [0.1, 0.15) is 5.60 Å². The first-order valence-electron chi connectivity index (χ1n) is 11.1. The van der Waals surface area contributed by atoms with Gasteiger partial charge in [-0.3, -0.25) is 10.6 Å². The summed E-state index contributed by atoms with van der Waals surface area (Å²) in [6.07, 6.45) is 1.18. The van der Waals surface area contributed by atoms with E-state index in [0.29, 0.717) is 24.9 Å². The van der Waals surface area contributed by atoms with Crippen LogP contribution in [0.25, 0.3) is 0 Å². The van der Waals surface area contributed by atoms with Gasteiger partial charge in [-0.1, -0.05) is 24.3 Å². The van der Waals surface area contributed by atoms with Crippen LogP contribution in [0.15, 0.2) is 53.4 Å². The van der Waals surface area contributed by atoms with Crippen molar-refractivity contribution < 1.29 is 27.9 Å². The minimum atomic E-state index is -3.28. The fraction of sp³-hybridized carbons (Fsp3) is 0.320. The number of nitrogens with one attached hydrogen (secondary N) is 2. The number of carbonyl (C=O) groups is 2. The molecule has 0 saturated heterocycles. The molecule has 0 radical (unpaired) electrons. The Bertz CT molecular complexity index is 1330. The van der Waals surface area contributed by atoms with Gasteiger partial charge in [-0.15, -0.1) is 11.3 Å². The molecule has 2 amide bonds. The molecule has 0 fully saturated rings. The lowest BCUT2D eigenvalue weighted by Gasteiger charge is -2.19. The Balaban J connectivity index is 1.70. The monoisotopic (exact) mass is 531 g/mol. The van der Waals surface area contributed by atoms with E-state index >= 15 is 0 Å². The lowest BCUT2D eigenvalue weighted by atomic mass is 10.0. The van der Waals surface area contributed by atoms with E-state index in [4.69, 9.17) is 9.84 Å². The second kappa shape index (κ2) is 11.1. The maximum Gasteiger partial charge on any atom is 0.412 e. The number of aryl methyl sites for hydroxylation is 2. The third kappa shape index (κ3) is 8.35. The molecular weight excluding hydrogens is 502 g/mol. The standard InChI is InChI=1S/C25H29N3O6S2/c1-25(2,3)34-24(31)26-18-10-5-16(6-11-18)9-14-20-21(35-22(27-20)28-23(29)30)15-17-7-12-19(13-8-17)36(4,32)33/h5-8,10-13H,9,14-15H2,1-4H3,(H,26,31)(H,27,28)(H,29,30). The highest BCUT2D eigenvalue weighted by Crippen LogP contribution is 2.27. The molecule has 0 spiro atoms. The topological polar surface area (TPSA) is 135 Å². The summed E-state index contributed by atoms with van der Waals surface area (Å²) in [4.78, 5) is 28.7. The van der Waals surface area contributed by atoms with Crippen LogP contribution in [0, 0.1) is 0 Å². The Morgan fingerprint density at radius 3 is 2.14 bits per heavy atom. The maximum absolute atomic E-state index is 11.9. The molecule has 192 valence electrons. The van der Waals surface area contributed by atoms with Crippen molar-refractivity contribution in [1.29, 1.82) is 0 Å². The van der Waals surface area contributed by atoms with E-state index in [1.54, 1.807) is 57.2 Å². The first kappa shape index (κ1) is 27.2. The number of benzene rings is 2. The highest BCUT2D eigenvalue weighted by Gasteiger charge is 2.17. The molecular formula is C25H29N3O6S2. The molecule has 0 aliphatic heterocycles. The number of anilines is 2. The van der Waals surface area contributed by atoms with Crippen LogP contribution in [0.1, 0.15) is 42.5 Å². The lowest BCUT2D eigenvalue weighted by Crippen LogP contribution is -2.27. The molecule has 0 saturated carbocycles. The molecule has 0 atom stereocenters. The fourth-order valence-electron chi connectivity index (χ4n) is 3.34. The Labute approximate surface area is 214 Å². The summed E-state index contributed by atoms with van der Waals surface area (Å²) in [5, 5.41) is 14.4. The molecule has 0 unspecified atom stereocenters. The summed E-state index contributed by atoms with van der Waals surface area (Å²) in [5.74, 6) is 0. The number of carboxylic acid groups (broad SMARTS) is 1. The third-order valence-electron chi connectivity index (χ3n) is 4.96. The van der Waals surface area contributed by atoms with Gasteiger partial charge < -0.3 is 9.84 Å². The average molecular weight is 532 g/mol. The van der Waals surface area contributed by atoms with E-state index < -0.39 is 27.6 Å². The van der Waals surface area contributed by atoms with Gasteiger partial charge in [0, 0.05) is 23.2 Å². The van der Waals surface area contributed by atoms with Gasteiger partial charge in [0.25, 0.3) is 0 Å². The summed E-state index contributed by atoms with van der Waals surface area (Å²) >= 11 is 1.26.